The van der Waals surface area contributed by atoms with Crippen molar-refractivity contribution in [3.8, 4) is 28.3 Å². The second-order valence-electron chi connectivity index (χ2n) is 7.09. The molecular weight excluding hydrogens is 426 g/mol. The number of rotatable bonds is 5. The highest BCUT2D eigenvalue weighted by Gasteiger charge is 2.21. The Kier molecular flexibility index (Phi) is 4.80. The Morgan fingerprint density at radius 1 is 0.906 bits per heavy atom. The van der Waals surface area contributed by atoms with Crippen LogP contribution in [-0.2, 0) is 0 Å². The number of phenolic OH excluding ortho intramolecular Hbond substituents is 1. The first-order chi connectivity index (χ1) is 15.5. The number of benzene rings is 3. The van der Waals surface area contributed by atoms with Crippen molar-refractivity contribution < 1.29 is 24.2 Å². The number of aromatic hydroxyl groups is 1. The average molecular weight is 441 g/mol. The third-order valence-corrected chi connectivity index (χ3v) is 6.20. The number of hydrogen-bond donors (Lipinski definition) is 2. The molecule has 0 radical (unpaired) electrons. The molecule has 0 aliphatic carbocycles. The summed E-state index contributed by atoms with van der Waals surface area (Å²) in [6.07, 6.45) is 1.17. The molecule has 0 amide bonds. The molecule has 32 heavy (non-hydrogen) atoms. The summed E-state index contributed by atoms with van der Waals surface area (Å²) >= 11 is 1.34. The van der Waals surface area contributed by atoms with E-state index in [1.165, 1.54) is 17.5 Å². The number of carbonyl (C=O) groups excluding carboxylic acids is 1. The second-order valence-corrected chi connectivity index (χ2v) is 8.15. The van der Waals surface area contributed by atoms with Crippen LogP contribution in [0.3, 0.4) is 0 Å². The van der Waals surface area contributed by atoms with Crippen molar-refractivity contribution in [1.82, 2.24) is 4.98 Å². The first-order valence-electron chi connectivity index (χ1n) is 9.66. The Morgan fingerprint density at radius 2 is 1.62 bits per heavy atom. The van der Waals surface area contributed by atoms with Gasteiger partial charge in [-0.3, -0.25) is 4.79 Å². The Morgan fingerprint density at radius 3 is 2.31 bits per heavy atom. The van der Waals surface area contributed by atoms with Gasteiger partial charge in [-0.15, -0.1) is 11.3 Å². The number of ketones is 1. The van der Waals surface area contributed by atoms with Crippen LogP contribution in [0.1, 0.15) is 25.8 Å². The van der Waals surface area contributed by atoms with Gasteiger partial charge in [0.2, 0.25) is 17.4 Å². The highest BCUT2D eigenvalue weighted by Crippen LogP contribution is 2.41. The van der Waals surface area contributed by atoms with Crippen LogP contribution in [0.4, 0.5) is 0 Å². The number of thiophene rings is 1. The van der Waals surface area contributed by atoms with Gasteiger partial charge in [0.15, 0.2) is 0 Å². The molecule has 0 fully saturated rings. The summed E-state index contributed by atoms with van der Waals surface area (Å²) in [6.45, 7) is 0. The van der Waals surface area contributed by atoms with Gasteiger partial charge in [0.1, 0.15) is 5.75 Å². The number of phenols is 1. The molecule has 5 rings (SSSR count). The highest BCUT2D eigenvalue weighted by molar-refractivity contribution is 7.21. The molecule has 2 heterocycles. The molecular formula is C25H15NO5S. The molecule has 6 nitrogen and oxygen atoms in total. The predicted molar refractivity (Wildman–Crippen MR) is 121 cm³/mol. The van der Waals surface area contributed by atoms with Crippen LogP contribution in [-0.4, -0.2) is 26.9 Å². The maximum absolute atomic E-state index is 13.3. The number of fused-ring (bicyclic) bond motifs is 1. The van der Waals surface area contributed by atoms with E-state index in [2.05, 4.69) is 4.98 Å². The van der Waals surface area contributed by atoms with Gasteiger partial charge in [-0.1, -0.05) is 42.5 Å². The minimum absolute atomic E-state index is 0.0934. The summed E-state index contributed by atoms with van der Waals surface area (Å²) in [5, 5.41) is 19.8. The van der Waals surface area contributed by atoms with Crippen molar-refractivity contribution in [3.05, 3.63) is 95.2 Å². The van der Waals surface area contributed by atoms with Gasteiger partial charge in [0, 0.05) is 26.8 Å². The summed E-state index contributed by atoms with van der Waals surface area (Å²) in [5.74, 6) is -1.17. The maximum Gasteiger partial charge on any atom is 0.373 e. The number of carboxylic acid groups (broad SMARTS) is 1. The molecule has 0 aliphatic rings. The predicted octanol–water partition coefficient (Wildman–Crippen LogP) is 5.86. The fourth-order valence-electron chi connectivity index (χ4n) is 3.54. The number of aromatic nitrogens is 1. The van der Waals surface area contributed by atoms with Gasteiger partial charge >= 0.3 is 5.97 Å². The van der Waals surface area contributed by atoms with Crippen LogP contribution in [0.15, 0.2) is 83.4 Å². The van der Waals surface area contributed by atoms with Crippen molar-refractivity contribution in [2.75, 3.05) is 0 Å². The first kappa shape index (κ1) is 19.7. The molecule has 0 unspecified atom stereocenters. The molecule has 7 heteroatoms. The zero-order chi connectivity index (χ0) is 22.2. The zero-order valence-electron chi connectivity index (χ0n) is 16.5. The molecule has 156 valence electrons. The Labute approximate surface area is 186 Å². The largest absolute Gasteiger partial charge is 0.508 e. The van der Waals surface area contributed by atoms with Crippen molar-refractivity contribution in [3.63, 3.8) is 0 Å². The summed E-state index contributed by atoms with van der Waals surface area (Å²) in [6, 6.07) is 21.3. The Hall–Kier alpha value is -4.23. The van der Waals surface area contributed by atoms with E-state index in [0.29, 0.717) is 16.0 Å². The molecule has 0 aliphatic heterocycles. The summed E-state index contributed by atoms with van der Waals surface area (Å²) in [5.41, 5.74) is 2.80. The molecule has 2 aromatic heterocycles. The fraction of sp³-hybridized carbons (Fsp3) is 0. The Balaban J connectivity index is 1.62. The minimum Gasteiger partial charge on any atom is -0.508 e. The number of hydrogen-bond acceptors (Lipinski definition) is 6. The summed E-state index contributed by atoms with van der Waals surface area (Å²) < 4.78 is 6.08. The van der Waals surface area contributed by atoms with E-state index in [9.17, 15) is 14.7 Å². The number of carboxylic acids is 1. The first-order valence-corrected chi connectivity index (χ1v) is 10.5. The molecule has 0 bridgehead atoms. The molecule has 5 aromatic rings. The second kappa shape index (κ2) is 7.79. The lowest BCUT2D eigenvalue weighted by molar-refractivity contribution is 0.0663. The third-order valence-electron chi connectivity index (χ3n) is 5.05. The SMILES string of the molecule is O=C(O)c1cnc(-c2ccc(-c3c(C(=O)c4ccccc4)sc4cc(O)ccc34)cc2)o1. The van der Waals surface area contributed by atoms with Gasteiger partial charge in [0.25, 0.3) is 0 Å². The van der Waals surface area contributed by atoms with Crippen molar-refractivity contribution in [2.45, 2.75) is 0 Å². The highest BCUT2D eigenvalue weighted by atomic mass is 32.1. The van der Waals surface area contributed by atoms with Crippen molar-refractivity contribution in [2.24, 2.45) is 0 Å². The van der Waals surface area contributed by atoms with Gasteiger partial charge < -0.3 is 14.6 Å². The van der Waals surface area contributed by atoms with E-state index in [4.69, 9.17) is 9.52 Å². The monoisotopic (exact) mass is 441 g/mol. The number of aromatic carboxylic acids is 1. The Bertz CT molecular complexity index is 1470. The lowest BCUT2D eigenvalue weighted by Gasteiger charge is -2.06. The lowest BCUT2D eigenvalue weighted by atomic mass is 9.97. The normalized spacial score (nSPS) is 11.0. The molecule has 0 saturated carbocycles. The molecule has 0 atom stereocenters. The van der Waals surface area contributed by atoms with Gasteiger partial charge in [0.05, 0.1) is 11.1 Å². The average Bonchev–Trinajstić information content (AvgIpc) is 3.44. The van der Waals surface area contributed by atoms with Crippen LogP contribution in [0.5, 0.6) is 5.75 Å². The van der Waals surface area contributed by atoms with E-state index in [1.54, 1.807) is 42.5 Å². The van der Waals surface area contributed by atoms with E-state index in [0.717, 1.165) is 21.2 Å². The van der Waals surface area contributed by atoms with E-state index < -0.39 is 5.97 Å². The summed E-state index contributed by atoms with van der Waals surface area (Å²) in [4.78, 5) is 29.0. The van der Waals surface area contributed by atoms with Crippen LogP contribution in [0.2, 0.25) is 0 Å². The molecule has 3 aromatic carbocycles. The minimum atomic E-state index is -1.18. The van der Waals surface area contributed by atoms with E-state index >= 15 is 0 Å². The van der Waals surface area contributed by atoms with Gasteiger partial charge in [-0.05, 0) is 35.9 Å². The number of carbonyl (C=O) groups is 2. The topological polar surface area (TPSA) is 101 Å². The smallest absolute Gasteiger partial charge is 0.373 e. The van der Waals surface area contributed by atoms with Gasteiger partial charge in [-0.25, -0.2) is 9.78 Å². The van der Waals surface area contributed by atoms with Crippen molar-refractivity contribution in [1.29, 1.82) is 0 Å². The van der Waals surface area contributed by atoms with E-state index in [1.807, 2.05) is 30.3 Å². The maximum atomic E-state index is 13.3. The van der Waals surface area contributed by atoms with Gasteiger partial charge in [-0.2, -0.15) is 0 Å². The van der Waals surface area contributed by atoms with Crippen molar-refractivity contribution >= 4 is 33.2 Å². The standard InChI is InChI=1S/C25H15NO5S/c27-17-10-11-18-20(12-17)32-23(22(28)15-4-2-1-3-5-15)21(18)14-6-8-16(9-7-14)24-26-13-19(31-24)25(29)30/h1-13,27H,(H,29,30). The molecule has 0 spiro atoms. The summed E-state index contributed by atoms with van der Waals surface area (Å²) in [7, 11) is 0. The van der Waals surface area contributed by atoms with E-state index in [-0.39, 0.29) is 23.2 Å². The van der Waals surface area contributed by atoms with Crippen LogP contribution in [0.25, 0.3) is 32.7 Å². The zero-order valence-corrected chi connectivity index (χ0v) is 17.3. The quantitative estimate of drug-likeness (QED) is 0.331. The fourth-order valence-corrected chi connectivity index (χ4v) is 4.76. The molecule has 2 N–H and O–H groups in total. The van der Waals surface area contributed by atoms with Crippen LogP contribution < -0.4 is 0 Å². The third kappa shape index (κ3) is 3.44. The van der Waals surface area contributed by atoms with Crippen LogP contribution in [0, 0.1) is 0 Å². The van der Waals surface area contributed by atoms with Crippen LogP contribution >= 0.6 is 11.3 Å². The molecule has 0 saturated heterocycles. The lowest BCUT2D eigenvalue weighted by Crippen LogP contribution is -2.00. The number of nitrogens with zero attached hydrogens (tertiary/aromatic N) is 1. The number of oxazole rings is 1.